The molecule has 0 saturated heterocycles. The van der Waals surface area contributed by atoms with Crippen LogP contribution in [0.15, 0.2) is 65.8 Å². The molecule has 1 N–H and O–H groups in total. The van der Waals surface area contributed by atoms with Crippen molar-refractivity contribution in [2.45, 2.75) is 31.1 Å². The molecule has 2 aromatic rings. The van der Waals surface area contributed by atoms with Gasteiger partial charge in [-0.25, -0.2) is 0 Å². The van der Waals surface area contributed by atoms with E-state index in [-0.39, 0.29) is 0 Å². The van der Waals surface area contributed by atoms with Crippen LogP contribution in [0.2, 0.25) is 0 Å². The maximum Gasteiger partial charge on any atom is 0.0577 e. The van der Waals surface area contributed by atoms with E-state index < -0.39 is 0 Å². The summed E-state index contributed by atoms with van der Waals surface area (Å²) in [5, 5.41) is 12.6. The van der Waals surface area contributed by atoms with Crippen molar-refractivity contribution in [1.82, 2.24) is 0 Å². The number of nitrogens with zero attached hydrogens (tertiary/aromatic N) is 1. The van der Waals surface area contributed by atoms with Crippen molar-refractivity contribution in [3.05, 3.63) is 71.8 Å². The molecule has 1 fully saturated rings. The van der Waals surface area contributed by atoms with Crippen LogP contribution in [0.3, 0.4) is 0 Å². The lowest BCUT2D eigenvalue weighted by Crippen LogP contribution is -2.22. The molecular formula is C18H19NO. The van der Waals surface area contributed by atoms with E-state index in [2.05, 4.69) is 59.8 Å². The molecule has 102 valence electrons. The van der Waals surface area contributed by atoms with Crippen LogP contribution in [0.4, 0.5) is 0 Å². The molecule has 2 atom stereocenters. The largest absolute Gasteiger partial charge is 0.411 e. The summed E-state index contributed by atoms with van der Waals surface area (Å²) < 4.78 is 0. The van der Waals surface area contributed by atoms with Crippen LogP contribution in [0.5, 0.6) is 0 Å². The number of benzene rings is 2. The molecule has 0 spiro atoms. The fourth-order valence-electron chi connectivity index (χ4n) is 3.26. The predicted octanol–water partition coefficient (Wildman–Crippen LogP) is 4.57. The molecule has 0 amide bonds. The third-order valence-corrected chi connectivity index (χ3v) is 4.28. The van der Waals surface area contributed by atoms with E-state index in [0.717, 1.165) is 25.0 Å². The Bertz CT molecular complexity index is 577. The molecule has 1 aliphatic rings. The van der Waals surface area contributed by atoms with Gasteiger partial charge in [0.05, 0.1) is 5.71 Å². The van der Waals surface area contributed by atoms with E-state index in [0.29, 0.717) is 11.8 Å². The van der Waals surface area contributed by atoms with Crippen molar-refractivity contribution in [2.75, 3.05) is 0 Å². The van der Waals surface area contributed by atoms with Crippen LogP contribution in [-0.2, 0) is 0 Å². The Morgan fingerprint density at radius 2 is 1.35 bits per heavy atom. The van der Waals surface area contributed by atoms with Gasteiger partial charge in [-0.05, 0) is 42.2 Å². The molecule has 1 saturated carbocycles. The molecule has 1 aliphatic carbocycles. The highest BCUT2D eigenvalue weighted by atomic mass is 16.4. The molecule has 0 radical (unpaired) electrons. The van der Waals surface area contributed by atoms with Gasteiger partial charge in [0, 0.05) is 0 Å². The summed E-state index contributed by atoms with van der Waals surface area (Å²) >= 11 is 0. The van der Waals surface area contributed by atoms with Gasteiger partial charge < -0.3 is 5.21 Å². The van der Waals surface area contributed by atoms with Crippen molar-refractivity contribution in [3.63, 3.8) is 0 Å². The molecule has 0 unspecified atom stereocenters. The zero-order valence-corrected chi connectivity index (χ0v) is 11.4. The van der Waals surface area contributed by atoms with Gasteiger partial charge in [-0.3, -0.25) is 0 Å². The Balaban J connectivity index is 1.95. The number of hydrogen-bond donors (Lipinski definition) is 1. The second kappa shape index (κ2) is 5.91. The first kappa shape index (κ1) is 12.9. The van der Waals surface area contributed by atoms with Gasteiger partial charge in [0.1, 0.15) is 0 Å². The second-order valence-corrected chi connectivity index (χ2v) is 5.44. The second-order valence-electron chi connectivity index (χ2n) is 5.44. The lowest BCUT2D eigenvalue weighted by molar-refractivity contribution is 0.311. The Hall–Kier alpha value is -2.09. The summed E-state index contributed by atoms with van der Waals surface area (Å²) in [6.07, 6.45) is 2.78. The van der Waals surface area contributed by atoms with Gasteiger partial charge in [0.15, 0.2) is 0 Å². The topological polar surface area (TPSA) is 32.6 Å². The summed E-state index contributed by atoms with van der Waals surface area (Å²) in [6, 6.07) is 21.3. The SMILES string of the molecule is O/N=C1/CC[C@@H](c2ccccc2)[C@H](c2ccccc2)C1. The molecule has 2 heteroatoms. The Morgan fingerprint density at radius 3 is 1.90 bits per heavy atom. The maximum atomic E-state index is 9.10. The first-order chi connectivity index (χ1) is 9.88. The molecule has 0 aliphatic heterocycles. The van der Waals surface area contributed by atoms with Crippen molar-refractivity contribution >= 4 is 5.71 Å². The molecule has 0 aromatic heterocycles. The maximum absolute atomic E-state index is 9.10. The van der Waals surface area contributed by atoms with E-state index in [9.17, 15) is 0 Å². The number of oxime groups is 1. The number of rotatable bonds is 2. The summed E-state index contributed by atoms with van der Waals surface area (Å²) in [5.74, 6) is 0.905. The normalized spacial score (nSPS) is 24.7. The average molecular weight is 265 g/mol. The van der Waals surface area contributed by atoms with Crippen LogP contribution in [0, 0.1) is 0 Å². The summed E-state index contributed by atoms with van der Waals surface area (Å²) in [4.78, 5) is 0. The van der Waals surface area contributed by atoms with Gasteiger partial charge in [0.2, 0.25) is 0 Å². The van der Waals surface area contributed by atoms with Gasteiger partial charge in [-0.2, -0.15) is 0 Å². The Morgan fingerprint density at radius 1 is 0.800 bits per heavy atom. The minimum Gasteiger partial charge on any atom is -0.411 e. The molecule has 0 bridgehead atoms. The monoisotopic (exact) mass is 265 g/mol. The minimum absolute atomic E-state index is 0.401. The standard InChI is InChI=1S/C18H19NO/c20-19-16-11-12-17(14-7-3-1-4-8-14)18(13-16)15-9-5-2-6-10-15/h1-10,17-18,20H,11-13H2/b19-16-/t17-,18-/m0/s1. The van der Waals surface area contributed by atoms with Crippen molar-refractivity contribution < 1.29 is 5.21 Å². The zero-order chi connectivity index (χ0) is 13.8. The molecule has 3 rings (SSSR count). The fraction of sp³-hybridized carbons (Fsp3) is 0.278. The fourth-order valence-corrected chi connectivity index (χ4v) is 3.26. The van der Waals surface area contributed by atoms with Crippen molar-refractivity contribution in [1.29, 1.82) is 0 Å². The van der Waals surface area contributed by atoms with E-state index in [4.69, 9.17) is 5.21 Å². The molecular weight excluding hydrogens is 246 g/mol. The molecule has 0 heterocycles. The van der Waals surface area contributed by atoms with Crippen LogP contribution >= 0.6 is 0 Å². The van der Waals surface area contributed by atoms with Crippen LogP contribution < -0.4 is 0 Å². The van der Waals surface area contributed by atoms with E-state index in [1.54, 1.807) is 0 Å². The molecule has 2 aromatic carbocycles. The van der Waals surface area contributed by atoms with E-state index >= 15 is 0 Å². The minimum atomic E-state index is 0.401. The van der Waals surface area contributed by atoms with Crippen LogP contribution in [-0.4, -0.2) is 10.9 Å². The van der Waals surface area contributed by atoms with Gasteiger partial charge in [-0.15, -0.1) is 0 Å². The highest BCUT2D eigenvalue weighted by Crippen LogP contribution is 2.42. The van der Waals surface area contributed by atoms with Gasteiger partial charge in [0.25, 0.3) is 0 Å². The summed E-state index contributed by atoms with van der Waals surface area (Å²) in [5.41, 5.74) is 3.64. The van der Waals surface area contributed by atoms with E-state index in [1.165, 1.54) is 11.1 Å². The number of hydrogen-bond acceptors (Lipinski definition) is 2. The van der Waals surface area contributed by atoms with Gasteiger partial charge in [-0.1, -0.05) is 65.8 Å². The molecule has 2 nitrogen and oxygen atoms in total. The summed E-state index contributed by atoms with van der Waals surface area (Å²) in [6.45, 7) is 0. The highest BCUT2D eigenvalue weighted by molar-refractivity contribution is 5.85. The average Bonchev–Trinajstić information content (AvgIpc) is 2.56. The first-order valence-electron chi connectivity index (χ1n) is 7.18. The first-order valence-corrected chi connectivity index (χ1v) is 7.18. The van der Waals surface area contributed by atoms with Crippen LogP contribution in [0.25, 0.3) is 0 Å². The van der Waals surface area contributed by atoms with Crippen LogP contribution in [0.1, 0.15) is 42.2 Å². The molecule has 20 heavy (non-hydrogen) atoms. The highest BCUT2D eigenvalue weighted by Gasteiger charge is 2.30. The van der Waals surface area contributed by atoms with Crippen molar-refractivity contribution in [2.24, 2.45) is 5.16 Å². The quantitative estimate of drug-likeness (QED) is 0.626. The third kappa shape index (κ3) is 2.60. The smallest absolute Gasteiger partial charge is 0.0577 e. The van der Waals surface area contributed by atoms with Gasteiger partial charge >= 0.3 is 0 Å². The Kier molecular flexibility index (Phi) is 3.82. The van der Waals surface area contributed by atoms with E-state index in [1.807, 2.05) is 6.07 Å². The van der Waals surface area contributed by atoms with Crippen molar-refractivity contribution in [3.8, 4) is 0 Å². The predicted molar refractivity (Wildman–Crippen MR) is 81.4 cm³/mol. The lowest BCUT2D eigenvalue weighted by Gasteiger charge is -2.32. The third-order valence-electron chi connectivity index (χ3n) is 4.28. The lowest BCUT2D eigenvalue weighted by atomic mass is 9.71. The Labute approximate surface area is 119 Å². The zero-order valence-electron chi connectivity index (χ0n) is 11.4. The summed E-state index contributed by atoms with van der Waals surface area (Å²) in [7, 11) is 0.